The molecule has 0 saturated heterocycles. The van der Waals surface area contributed by atoms with E-state index in [2.05, 4.69) is 14.7 Å². The number of benzene rings is 1. The van der Waals surface area contributed by atoms with Crippen molar-refractivity contribution in [1.29, 1.82) is 0 Å². The maximum absolute atomic E-state index is 13.7. The van der Waals surface area contributed by atoms with E-state index in [9.17, 15) is 27.9 Å². The molecule has 10 nitrogen and oxygen atoms in total. The Morgan fingerprint density at radius 2 is 1.60 bits per heavy atom. The highest BCUT2D eigenvalue weighted by molar-refractivity contribution is 6.60. The summed E-state index contributed by atoms with van der Waals surface area (Å²) in [7, 11) is -0.478. The highest BCUT2D eigenvalue weighted by atomic mass is 19.4. The van der Waals surface area contributed by atoms with E-state index in [0.29, 0.717) is 12.1 Å². The average molecular weight is 605 g/mol. The zero-order chi connectivity index (χ0) is 32.7. The normalized spacial score (nSPS) is 12.6. The van der Waals surface area contributed by atoms with E-state index in [1.807, 2.05) is 13.8 Å². The molecule has 0 fully saturated rings. The molecule has 2 heterocycles. The van der Waals surface area contributed by atoms with E-state index in [-0.39, 0.29) is 51.7 Å². The second-order valence-corrected chi connectivity index (χ2v) is 10.6. The van der Waals surface area contributed by atoms with Gasteiger partial charge in [-0.1, -0.05) is 19.9 Å². The number of carboxylic acid groups (broad SMARTS) is 1. The Hall–Kier alpha value is -4.01. The molecule has 3 rings (SSSR count). The van der Waals surface area contributed by atoms with Crippen LogP contribution in [0.15, 0.2) is 42.7 Å². The molecule has 0 bridgehead atoms. The highest BCUT2D eigenvalue weighted by Gasteiger charge is 2.36. The molecule has 1 atom stereocenters. The van der Waals surface area contributed by atoms with Crippen LogP contribution in [0.25, 0.3) is 11.1 Å². The first kappa shape index (κ1) is 35.2. The molecule has 3 aromatic rings. The van der Waals surface area contributed by atoms with Gasteiger partial charge in [0.2, 0.25) is 0 Å². The van der Waals surface area contributed by atoms with Crippen LogP contribution < -0.4 is 15.9 Å². The van der Waals surface area contributed by atoms with Crippen molar-refractivity contribution >= 4 is 24.5 Å². The lowest BCUT2D eigenvalue weighted by Gasteiger charge is -2.27. The number of nitrogens with zero attached hydrogens (tertiary/aromatic N) is 2. The van der Waals surface area contributed by atoms with Crippen LogP contribution in [0, 0.1) is 19.8 Å². The van der Waals surface area contributed by atoms with Crippen molar-refractivity contribution in [2.45, 2.75) is 52.8 Å². The van der Waals surface area contributed by atoms with Crippen molar-refractivity contribution in [2.75, 3.05) is 13.7 Å². The van der Waals surface area contributed by atoms with Crippen LogP contribution in [0.2, 0.25) is 0 Å². The highest BCUT2D eigenvalue weighted by Crippen LogP contribution is 2.40. The summed E-state index contributed by atoms with van der Waals surface area (Å²) in [5, 5.41) is 27.4. The largest absolute Gasteiger partial charge is 0.491 e. The molecule has 5 N–H and O–H groups in total. The molecular formula is C29H35BF3N3O7. The van der Waals surface area contributed by atoms with Crippen LogP contribution in [0.4, 0.5) is 13.2 Å². The minimum absolute atomic E-state index is 0.0810. The van der Waals surface area contributed by atoms with Crippen LogP contribution in [0.5, 0.6) is 5.75 Å². The molecular weight excluding hydrogens is 570 g/mol. The Bertz CT molecular complexity index is 1450. The number of alkyl halides is 3. The quantitative estimate of drug-likeness (QED) is 0.208. The molecule has 0 amide bonds. The van der Waals surface area contributed by atoms with Crippen LogP contribution in [-0.4, -0.2) is 63.4 Å². The van der Waals surface area contributed by atoms with Gasteiger partial charge in [0, 0.05) is 17.9 Å². The van der Waals surface area contributed by atoms with Crippen LogP contribution in [-0.2, 0) is 10.9 Å². The molecule has 14 heteroatoms. The van der Waals surface area contributed by atoms with Crippen molar-refractivity contribution in [3.63, 3.8) is 0 Å². The number of pyridine rings is 2. The summed E-state index contributed by atoms with van der Waals surface area (Å²) >= 11 is 0. The summed E-state index contributed by atoms with van der Waals surface area (Å²) < 4.78 is 51.0. The summed E-state index contributed by atoms with van der Waals surface area (Å²) in [6.45, 7) is 8.68. The summed E-state index contributed by atoms with van der Waals surface area (Å²) in [6, 6.07) is 6.25. The first-order chi connectivity index (χ1) is 19.9. The Morgan fingerprint density at radius 3 is 2.12 bits per heavy atom. The third kappa shape index (κ3) is 9.50. The van der Waals surface area contributed by atoms with Crippen molar-refractivity contribution in [2.24, 2.45) is 11.7 Å². The molecule has 0 aliphatic rings. The molecule has 0 spiro atoms. The number of hydrogen-bond donors (Lipinski definition) is 4. The Balaban J connectivity index is 0.000000385. The monoisotopic (exact) mass is 605 g/mol. The van der Waals surface area contributed by atoms with Gasteiger partial charge < -0.3 is 30.4 Å². The van der Waals surface area contributed by atoms with E-state index >= 15 is 0 Å². The maximum atomic E-state index is 13.7. The lowest BCUT2D eigenvalue weighted by atomic mass is 9.77. The Kier molecular flexibility index (Phi) is 11.8. The Morgan fingerprint density at radius 1 is 1.02 bits per heavy atom. The first-order valence-corrected chi connectivity index (χ1v) is 13.1. The average Bonchev–Trinajstić information content (AvgIpc) is 2.90. The zero-order valence-corrected chi connectivity index (χ0v) is 24.7. The molecule has 232 valence electrons. The molecule has 0 aliphatic heterocycles. The summed E-state index contributed by atoms with van der Waals surface area (Å²) in [4.78, 5) is 30.6. The molecule has 0 aliphatic carbocycles. The van der Waals surface area contributed by atoms with Gasteiger partial charge in [0.1, 0.15) is 12.4 Å². The molecule has 1 aromatic carbocycles. The van der Waals surface area contributed by atoms with Crippen LogP contribution in [0.1, 0.15) is 64.9 Å². The van der Waals surface area contributed by atoms with Crippen molar-refractivity contribution in [3.05, 3.63) is 70.8 Å². The number of ether oxygens (including phenoxy) is 2. The predicted octanol–water partition coefficient (Wildman–Crippen LogP) is 3.77. The number of aromatic carboxylic acids is 1. The van der Waals surface area contributed by atoms with E-state index in [0.717, 1.165) is 6.07 Å². The van der Waals surface area contributed by atoms with E-state index < -0.39 is 36.3 Å². The Labute approximate surface area is 247 Å². The SMILES string of the molecule is COC(=O)c1c(B(O)O)ccnc1C.Cc1nccc(-c2ccc(OC[C@@](C)(N)CC(C)C)c(C(F)(F)F)c2)c1C(=O)O. The molecule has 0 radical (unpaired) electrons. The smallest absolute Gasteiger partial charge is 0.489 e. The van der Waals surface area contributed by atoms with Crippen LogP contribution >= 0.6 is 0 Å². The minimum atomic E-state index is -4.68. The van der Waals surface area contributed by atoms with Gasteiger partial charge in [0.05, 0.1) is 35.2 Å². The number of esters is 1. The number of aryl methyl sites for hydroxylation is 2. The van der Waals surface area contributed by atoms with Gasteiger partial charge in [-0.3, -0.25) is 9.97 Å². The number of carboxylic acids is 1. The van der Waals surface area contributed by atoms with E-state index in [1.165, 1.54) is 50.7 Å². The van der Waals surface area contributed by atoms with Gasteiger partial charge in [-0.25, -0.2) is 9.59 Å². The zero-order valence-electron chi connectivity index (χ0n) is 24.7. The first-order valence-electron chi connectivity index (χ1n) is 13.1. The van der Waals surface area contributed by atoms with E-state index in [4.69, 9.17) is 20.5 Å². The van der Waals surface area contributed by atoms with Gasteiger partial charge >= 0.3 is 25.2 Å². The third-order valence-electron chi connectivity index (χ3n) is 6.22. The summed E-state index contributed by atoms with van der Waals surface area (Å²) in [5.74, 6) is -1.96. The second-order valence-electron chi connectivity index (χ2n) is 10.6. The van der Waals surface area contributed by atoms with E-state index in [1.54, 1.807) is 13.8 Å². The molecule has 43 heavy (non-hydrogen) atoms. The van der Waals surface area contributed by atoms with Crippen molar-refractivity contribution in [3.8, 4) is 16.9 Å². The van der Waals surface area contributed by atoms with Gasteiger partial charge in [0.25, 0.3) is 0 Å². The third-order valence-corrected chi connectivity index (χ3v) is 6.22. The van der Waals surface area contributed by atoms with Crippen molar-refractivity contribution < 1.29 is 47.4 Å². The number of carbonyl (C=O) groups is 2. The van der Waals surface area contributed by atoms with Crippen molar-refractivity contribution in [1.82, 2.24) is 9.97 Å². The predicted molar refractivity (Wildman–Crippen MR) is 154 cm³/mol. The number of nitrogens with two attached hydrogens (primary N) is 1. The number of hydrogen-bond acceptors (Lipinski definition) is 9. The van der Waals surface area contributed by atoms with Gasteiger partial charge in [0.15, 0.2) is 0 Å². The van der Waals surface area contributed by atoms with Gasteiger partial charge in [-0.05, 0) is 74.0 Å². The second kappa shape index (κ2) is 14.4. The number of aromatic nitrogens is 2. The number of rotatable bonds is 9. The maximum Gasteiger partial charge on any atom is 0.489 e. The topological polar surface area (TPSA) is 165 Å². The fourth-order valence-electron chi connectivity index (χ4n) is 4.52. The molecule has 0 saturated carbocycles. The molecule has 2 aromatic heterocycles. The number of carbonyl (C=O) groups excluding carboxylic acids is 1. The number of methoxy groups -OCH3 is 1. The minimum Gasteiger partial charge on any atom is -0.491 e. The molecule has 0 unspecified atom stereocenters. The lowest BCUT2D eigenvalue weighted by Crippen LogP contribution is -2.43. The van der Waals surface area contributed by atoms with Crippen LogP contribution in [0.3, 0.4) is 0 Å². The van der Waals surface area contributed by atoms with Gasteiger partial charge in [-0.15, -0.1) is 0 Å². The standard InChI is InChI=1S/C21H25F3N2O3.C8H10BNO4/c1-12(2)10-20(4,25)11-29-17-6-5-14(9-16(17)21(22,23)24)15-7-8-26-13(3)18(15)19(27)28;1-5-7(8(11)14-2)6(9(12)13)3-4-10-5/h5-9,12H,10-11,25H2,1-4H3,(H,27,28);3-4,12-13H,1-2H3/t20-;/m0./s1. The summed E-state index contributed by atoms with van der Waals surface area (Å²) in [6.07, 6.45) is -1.33. The fourth-order valence-corrected chi connectivity index (χ4v) is 4.52. The summed E-state index contributed by atoms with van der Waals surface area (Å²) in [5.41, 5.74) is 5.33. The van der Waals surface area contributed by atoms with Gasteiger partial charge in [-0.2, -0.15) is 13.2 Å². The number of halogens is 3. The lowest BCUT2D eigenvalue weighted by molar-refractivity contribution is -0.139. The fraction of sp³-hybridized carbons (Fsp3) is 0.379.